The van der Waals surface area contributed by atoms with E-state index in [2.05, 4.69) is 39.9 Å². The van der Waals surface area contributed by atoms with Gasteiger partial charge in [0.25, 0.3) is 5.91 Å². The molecule has 0 unspecified atom stereocenters. The summed E-state index contributed by atoms with van der Waals surface area (Å²) in [5, 5.41) is 14.6. The number of aliphatic hydroxyl groups is 1. The molecule has 5 N–H and O–H groups in total. The van der Waals surface area contributed by atoms with E-state index >= 15 is 0 Å². The number of nitrogens with one attached hydrogen (secondary N) is 2. The van der Waals surface area contributed by atoms with E-state index in [1.165, 1.54) is 19.9 Å². The summed E-state index contributed by atoms with van der Waals surface area (Å²) in [5.74, 6) is 1.27. The van der Waals surface area contributed by atoms with Crippen LogP contribution in [0.15, 0.2) is 42.5 Å². The summed E-state index contributed by atoms with van der Waals surface area (Å²) in [4.78, 5) is 16.8. The Morgan fingerprint density at radius 2 is 1.48 bits per heavy atom. The molecule has 1 fully saturated rings. The molecule has 0 atom stereocenters. The molecule has 2 aromatic rings. The second-order valence-electron chi connectivity index (χ2n) is 8.99. The molecule has 3 rings (SSSR count). The predicted molar refractivity (Wildman–Crippen MR) is 210 cm³/mol. The molecule has 1 heterocycles. The van der Waals surface area contributed by atoms with Gasteiger partial charge >= 0.3 is 0 Å². The molecular weight excluding hydrogens is 628 g/mol. The molecule has 0 saturated heterocycles. The minimum Gasteiger partial charge on any atom is -0.497 e. The van der Waals surface area contributed by atoms with Gasteiger partial charge in [-0.25, -0.2) is 4.98 Å². The van der Waals surface area contributed by atoms with Crippen molar-refractivity contribution in [3.63, 3.8) is 0 Å². The number of allylic oxidation sites excluding steroid dienone is 2. The summed E-state index contributed by atoms with van der Waals surface area (Å²) in [6.07, 6.45) is 10.9. The van der Waals surface area contributed by atoms with Crippen LogP contribution in [0.4, 0.5) is 5.69 Å². The minimum atomic E-state index is -0.181. The molecule has 10 heteroatoms. The Morgan fingerprint density at radius 3 is 1.90 bits per heavy atom. The highest BCUT2D eigenvalue weighted by molar-refractivity contribution is 6.29. The van der Waals surface area contributed by atoms with Crippen molar-refractivity contribution < 1.29 is 24.1 Å². The standard InChI is InChI=1S/C21H26ClN3O3.C4H8.C3H8O2.C3H8.3C2H6.CH5N/c1-27-17-9-8-14(19(12-17)28-2)13-23-16-10-18(25-20(22)11-16)21(26)24-15-6-4-3-5-7-15;1-3-4-2;1-5-3-2-4;1-3-2;4*1-2/h8-12,15H,3-7,13H2,1-2H3,(H,23,25)(H,24,26);3-4H,1-2H3;4H,2-3H2,1H3;3H2,1-2H3;3*1-2H3;2H2,1H3/b;4-3-;;;;;;. The van der Waals surface area contributed by atoms with Crippen LogP contribution in [-0.2, 0) is 11.3 Å². The fourth-order valence-corrected chi connectivity index (χ4v) is 3.72. The van der Waals surface area contributed by atoms with Crippen molar-refractivity contribution in [2.75, 3.05) is 46.9 Å². The Labute approximate surface area is 300 Å². The number of halogens is 1. The molecule has 0 bridgehead atoms. The molecule has 0 aliphatic heterocycles. The normalized spacial score (nSPS) is 10.9. The van der Waals surface area contributed by atoms with E-state index in [1.807, 2.05) is 85.7 Å². The van der Waals surface area contributed by atoms with Crippen molar-refractivity contribution in [2.45, 2.75) is 120 Å². The number of carbonyl (C=O) groups is 1. The van der Waals surface area contributed by atoms with Crippen LogP contribution in [0.25, 0.3) is 0 Å². The summed E-state index contributed by atoms with van der Waals surface area (Å²) in [6, 6.07) is 9.29. The number of nitrogens with two attached hydrogens (primary N) is 1. The molecular formula is C38H73ClN4O5. The Kier molecular flexibility index (Phi) is 50.2. The van der Waals surface area contributed by atoms with Crippen LogP contribution in [-0.4, -0.2) is 63.6 Å². The van der Waals surface area contributed by atoms with Crippen molar-refractivity contribution in [2.24, 2.45) is 5.73 Å². The maximum Gasteiger partial charge on any atom is 0.270 e. The highest BCUT2D eigenvalue weighted by Gasteiger charge is 2.18. The number of carbonyl (C=O) groups excluding carboxylic acids is 1. The van der Waals surface area contributed by atoms with Crippen molar-refractivity contribution in [1.29, 1.82) is 0 Å². The Hall–Kier alpha value is -2.85. The van der Waals surface area contributed by atoms with Crippen molar-refractivity contribution >= 4 is 23.2 Å². The van der Waals surface area contributed by atoms with Gasteiger partial charge in [-0.05, 0) is 58.0 Å². The van der Waals surface area contributed by atoms with Gasteiger partial charge in [0.15, 0.2) is 0 Å². The van der Waals surface area contributed by atoms with Gasteiger partial charge in [0.05, 0.1) is 27.4 Å². The Bertz CT molecular complexity index is 966. The van der Waals surface area contributed by atoms with Gasteiger partial charge in [0.2, 0.25) is 0 Å². The average molecular weight is 701 g/mol. The van der Waals surface area contributed by atoms with Crippen LogP contribution >= 0.6 is 11.6 Å². The number of methoxy groups -OCH3 is 3. The van der Waals surface area contributed by atoms with Gasteiger partial charge in [-0.15, -0.1) is 0 Å². The second-order valence-corrected chi connectivity index (χ2v) is 9.38. The maximum absolute atomic E-state index is 12.6. The SMILES string of the molecule is C/C=C\C.CC.CC.CC.CCC.CN.COCCO.COc1ccc(CNc2cc(Cl)nc(C(=O)NC3CCCCC3)c2)c(OC)c1. The van der Waals surface area contributed by atoms with Gasteiger partial charge < -0.3 is 35.7 Å². The van der Waals surface area contributed by atoms with Crippen LogP contribution in [0.3, 0.4) is 0 Å². The van der Waals surface area contributed by atoms with Gasteiger partial charge in [-0.2, -0.15) is 0 Å². The minimum absolute atomic E-state index is 0.122. The zero-order chi connectivity index (χ0) is 38.2. The summed E-state index contributed by atoms with van der Waals surface area (Å²) >= 11 is 6.14. The van der Waals surface area contributed by atoms with Crippen LogP contribution in [0, 0.1) is 0 Å². The number of aromatic nitrogens is 1. The van der Waals surface area contributed by atoms with E-state index in [9.17, 15) is 4.79 Å². The van der Waals surface area contributed by atoms with Crippen molar-refractivity contribution in [3.05, 3.63) is 58.9 Å². The molecule has 1 aliphatic rings. The molecule has 282 valence electrons. The molecule has 9 nitrogen and oxygen atoms in total. The molecule has 1 aliphatic carbocycles. The third-order valence-corrected chi connectivity index (χ3v) is 5.77. The second kappa shape index (κ2) is 44.1. The van der Waals surface area contributed by atoms with E-state index < -0.39 is 0 Å². The lowest BCUT2D eigenvalue weighted by atomic mass is 9.95. The molecule has 0 radical (unpaired) electrons. The summed E-state index contributed by atoms with van der Waals surface area (Å²) in [7, 11) is 6.29. The Morgan fingerprint density at radius 1 is 0.938 bits per heavy atom. The monoisotopic (exact) mass is 701 g/mol. The van der Waals surface area contributed by atoms with Crippen LogP contribution in [0.1, 0.15) is 124 Å². The third kappa shape index (κ3) is 30.5. The third-order valence-electron chi connectivity index (χ3n) is 5.57. The topological polar surface area (TPSA) is 128 Å². The fourth-order valence-electron chi connectivity index (χ4n) is 3.51. The van der Waals surface area contributed by atoms with E-state index in [-0.39, 0.29) is 23.7 Å². The van der Waals surface area contributed by atoms with Crippen LogP contribution in [0.5, 0.6) is 11.5 Å². The first-order valence-electron chi connectivity index (χ1n) is 17.5. The number of ether oxygens (including phenoxy) is 3. The number of rotatable bonds is 9. The fraction of sp³-hybridized carbons (Fsp3) is 0.632. The number of hydrogen-bond acceptors (Lipinski definition) is 8. The van der Waals surface area contributed by atoms with E-state index in [0.717, 1.165) is 48.4 Å². The maximum atomic E-state index is 12.6. The number of anilines is 1. The first-order chi connectivity index (χ1) is 23.3. The van der Waals surface area contributed by atoms with Gasteiger partial charge in [-0.3, -0.25) is 4.79 Å². The zero-order valence-electron chi connectivity index (χ0n) is 33.0. The van der Waals surface area contributed by atoms with Crippen LogP contribution < -0.4 is 25.8 Å². The van der Waals surface area contributed by atoms with Crippen molar-refractivity contribution in [3.8, 4) is 11.5 Å². The molecule has 1 saturated carbocycles. The lowest BCUT2D eigenvalue weighted by molar-refractivity contribution is 0.0922. The van der Waals surface area contributed by atoms with Crippen molar-refractivity contribution in [1.82, 2.24) is 10.3 Å². The first-order valence-corrected chi connectivity index (χ1v) is 17.9. The number of aliphatic hydroxyl groups excluding tert-OH is 1. The first kappa shape index (κ1) is 54.6. The summed E-state index contributed by atoms with van der Waals surface area (Å²) in [5.41, 5.74) is 6.51. The number of amides is 1. The predicted octanol–water partition coefficient (Wildman–Crippen LogP) is 9.70. The van der Waals surface area contributed by atoms with Crippen LogP contribution in [0.2, 0.25) is 5.15 Å². The molecule has 1 aromatic carbocycles. The Balaban J connectivity index is -0.000000257. The lowest BCUT2D eigenvalue weighted by Crippen LogP contribution is -2.36. The smallest absolute Gasteiger partial charge is 0.270 e. The zero-order valence-corrected chi connectivity index (χ0v) is 33.7. The highest BCUT2D eigenvalue weighted by atomic mass is 35.5. The summed E-state index contributed by atoms with van der Waals surface area (Å²) < 4.78 is 15.1. The number of pyridine rings is 1. The number of nitrogens with zero attached hydrogens (tertiary/aromatic N) is 1. The van der Waals surface area contributed by atoms with E-state index in [4.69, 9.17) is 26.2 Å². The van der Waals surface area contributed by atoms with Gasteiger partial charge in [0, 0.05) is 37.0 Å². The van der Waals surface area contributed by atoms with E-state index in [1.54, 1.807) is 33.5 Å². The average Bonchev–Trinajstić information content (AvgIpc) is 3.15. The van der Waals surface area contributed by atoms with E-state index in [0.29, 0.717) is 18.8 Å². The molecule has 48 heavy (non-hydrogen) atoms. The number of hydrogen-bond donors (Lipinski definition) is 4. The molecule has 0 spiro atoms. The molecule has 1 amide bonds. The lowest BCUT2D eigenvalue weighted by Gasteiger charge is -2.22. The quantitative estimate of drug-likeness (QED) is 0.150. The number of benzene rings is 1. The van der Waals surface area contributed by atoms with Gasteiger partial charge in [0.1, 0.15) is 22.3 Å². The summed E-state index contributed by atoms with van der Waals surface area (Å²) in [6.45, 7) is 21.3. The molecule has 1 aromatic heterocycles. The van der Waals surface area contributed by atoms with Gasteiger partial charge in [-0.1, -0.05) is 105 Å². The largest absolute Gasteiger partial charge is 0.497 e. The highest BCUT2D eigenvalue weighted by Crippen LogP contribution is 2.26.